The molecule has 0 aliphatic carbocycles. The fourth-order valence-electron chi connectivity index (χ4n) is 2.12. The van der Waals surface area contributed by atoms with Crippen LogP contribution in [0.15, 0.2) is 53.2 Å². The third-order valence-corrected chi connectivity index (χ3v) is 3.55. The zero-order valence-electron chi connectivity index (χ0n) is 13.5. The summed E-state index contributed by atoms with van der Waals surface area (Å²) >= 11 is 0. The van der Waals surface area contributed by atoms with E-state index in [4.69, 9.17) is 9.15 Å². The van der Waals surface area contributed by atoms with E-state index in [1.54, 1.807) is 26.2 Å². The van der Waals surface area contributed by atoms with E-state index in [0.29, 0.717) is 5.76 Å². The number of amides is 1. The van der Waals surface area contributed by atoms with Crippen molar-refractivity contribution in [3.8, 4) is 5.75 Å². The molecule has 0 aliphatic heterocycles. The third kappa shape index (κ3) is 4.47. The first kappa shape index (κ1) is 16.8. The molecule has 1 amide bonds. The van der Waals surface area contributed by atoms with Crippen LogP contribution in [0.1, 0.15) is 25.2 Å². The van der Waals surface area contributed by atoms with Gasteiger partial charge in [0.15, 0.2) is 0 Å². The van der Waals surface area contributed by atoms with Crippen LogP contribution < -0.4 is 10.1 Å². The summed E-state index contributed by atoms with van der Waals surface area (Å²) in [4.78, 5) is 12.0. The van der Waals surface area contributed by atoms with Gasteiger partial charge in [-0.25, -0.2) is 0 Å². The summed E-state index contributed by atoms with van der Waals surface area (Å²) in [6, 6.07) is 10.8. The number of rotatable bonds is 6. The van der Waals surface area contributed by atoms with Crippen LogP contribution in [0.2, 0.25) is 0 Å². The summed E-state index contributed by atoms with van der Waals surface area (Å²) in [5.41, 5.74) is 0.502. The first-order chi connectivity index (χ1) is 10.9. The average Bonchev–Trinajstić information content (AvgIpc) is 3.08. The number of methoxy groups -OCH3 is 1. The van der Waals surface area contributed by atoms with Gasteiger partial charge in [0.2, 0.25) is 5.91 Å². The Hall–Kier alpha value is -2.53. The number of hydrogen-bond donors (Lipinski definition) is 2. The van der Waals surface area contributed by atoms with Gasteiger partial charge in [-0.05, 0) is 49.2 Å². The van der Waals surface area contributed by atoms with Gasteiger partial charge in [-0.2, -0.15) is 0 Å². The second-order valence-electron chi connectivity index (χ2n) is 5.52. The van der Waals surface area contributed by atoms with E-state index in [9.17, 15) is 9.90 Å². The molecule has 2 N–H and O–H groups in total. The van der Waals surface area contributed by atoms with Crippen LogP contribution in [-0.4, -0.2) is 24.7 Å². The number of ether oxygens (including phenoxy) is 1. The van der Waals surface area contributed by atoms with Gasteiger partial charge >= 0.3 is 0 Å². The van der Waals surface area contributed by atoms with Crippen LogP contribution in [0.4, 0.5) is 0 Å². The molecule has 1 atom stereocenters. The number of furan rings is 1. The van der Waals surface area contributed by atoms with E-state index >= 15 is 0 Å². The van der Waals surface area contributed by atoms with Crippen molar-refractivity contribution >= 4 is 11.5 Å². The molecule has 5 heteroatoms. The third-order valence-electron chi connectivity index (χ3n) is 3.55. The molecule has 1 aromatic heterocycles. The Labute approximate surface area is 135 Å². The van der Waals surface area contributed by atoms with E-state index in [1.807, 2.05) is 31.2 Å². The molecule has 0 saturated carbocycles. The summed E-state index contributed by atoms with van der Waals surface area (Å²) in [5, 5.41) is 13.0. The molecule has 122 valence electrons. The fraction of sp³-hybridized carbons (Fsp3) is 0.278. The quantitative estimate of drug-likeness (QED) is 0.804. The Kier molecular flexibility index (Phi) is 5.24. The monoisotopic (exact) mass is 315 g/mol. The Bertz CT molecular complexity index is 670. The molecule has 0 spiro atoms. The first-order valence-corrected chi connectivity index (χ1v) is 7.29. The summed E-state index contributed by atoms with van der Waals surface area (Å²) in [7, 11) is 1.61. The fourth-order valence-corrected chi connectivity index (χ4v) is 2.12. The molecular formula is C18H21NO4. The summed E-state index contributed by atoms with van der Waals surface area (Å²) in [5.74, 6) is 0.902. The molecule has 1 unspecified atom stereocenters. The van der Waals surface area contributed by atoms with Gasteiger partial charge in [0, 0.05) is 6.08 Å². The lowest BCUT2D eigenvalue weighted by Crippen LogP contribution is -2.37. The normalized spacial score (nSPS) is 14.2. The molecular weight excluding hydrogens is 294 g/mol. The molecule has 0 fully saturated rings. The number of carbonyl (C=O) groups excluding carboxylic acids is 1. The zero-order chi connectivity index (χ0) is 16.9. The Morgan fingerprint density at radius 2 is 2.04 bits per heavy atom. The molecule has 2 rings (SSSR count). The lowest BCUT2D eigenvalue weighted by atomic mass is 10.0. The summed E-state index contributed by atoms with van der Waals surface area (Å²) in [6.45, 7) is 3.50. The average molecular weight is 315 g/mol. The highest BCUT2D eigenvalue weighted by Crippen LogP contribution is 2.20. The van der Waals surface area contributed by atoms with Crippen molar-refractivity contribution in [3.05, 3.63) is 60.1 Å². The van der Waals surface area contributed by atoms with Crippen LogP contribution in [-0.2, 0) is 10.4 Å². The molecule has 1 heterocycles. The van der Waals surface area contributed by atoms with Crippen LogP contribution in [0.5, 0.6) is 5.75 Å². The first-order valence-electron chi connectivity index (χ1n) is 7.29. The van der Waals surface area contributed by atoms with Crippen molar-refractivity contribution in [2.24, 2.45) is 0 Å². The van der Waals surface area contributed by atoms with Gasteiger partial charge in [-0.15, -0.1) is 0 Å². The molecule has 0 bridgehead atoms. The number of aliphatic hydroxyl groups is 1. The minimum absolute atomic E-state index is 0.0612. The van der Waals surface area contributed by atoms with Crippen molar-refractivity contribution in [2.45, 2.75) is 19.4 Å². The van der Waals surface area contributed by atoms with Crippen molar-refractivity contribution in [3.63, 3.8) is 0 Å². The Morgan fingerprint density at radius 1 is 1.35 bits per heavy atom. The van der Waals surface area contributed by atoms with Gasteiger partial charge in [0.05, 0.1) is 19.9 Å². The standard InChI is InChI=1S/C18H21NO4/c1-13(14-6-8-15(22-3)9-7-14)11-17(20)19-12-18(2,21)16-5-4-10-23-16/h4-11,21H,12H2,1-3H3,(H,19,20). The Balaban J connectivity index is 1.97. The van der Waals surface area contributed by atoms with Crippen molar-refractivity contribution in [2.75, 3.05) is 13.7 Å². The van der Waals surface area contributed by atoms with E-state index < -0.39 is 5.60 Å². The van der Waals surface area contributed by atoms with Gasteiger partial charge in [-0.3, -0.25) is 4.79 Å². The van der Waals surface area contributed by atoms with Gasteiger partial charge in [0.1, 0.15) is 17.1 Å². The van der Waals surface area contributed by atoms with Crippen LogP contribution >= 0.6 is 0 Å². The van der Waals surface area contributed by atoms with Crippen molar-refractivity contribution in [1.29, 1.82) is 0 Å². The largest absolute Gasteiger partial charge is 0.497 e. The van der Waals surface area contributed by atoms with E-state index in [-0.39, 0.29) is 12.5 Å². The summed E-state index contributed by atoms with van der Waals surface area (Å²) < 4.78 is 10.3. The Morgan fingerprint density at radius 3 is 2.61 bits per heavy atom. The predicted molar refractivity (Wildman–Crippen MR) is 87.9 cm³/mol. The van der Waals surface area contributed by atoms with Gasteiger partial charge in [0.25, 0.3) is 0 Å². The number of carbonyl (C=O) groups is 1. The number of benzene rings is 1. The van der Waals surface area contributed by atoms with Crippen LogP contribution in [0.3, 0.4) is 0 Å². The molecule has 1 aromatic carbocycles. The van der Waals surface area contributed by atoms with Gasteiger partial charge < -0.3 is 19.6 Å². The van der Waals surface area contributed by atoms with E-state index in [0.717, 1.165) is 16.9 Å². The van der Waals surface area contributed by atoms with E-state index in [1.165, 1.54) is 12.3 Å². The molecule has 2 aromatic rings. The van der Waals surface area contributed by atoms with Crippen molar-refractivity contribution < 1.29 is 19.1 Å². The molecule has 0 aliphatic rings. The predicted octanol–water partition coefficient (Wildman–Crippen LogP) is 2.72. The lowest BCUT2D eigenvalue weighted by molar-refractivity contribution is -0.117. The SMILES string of the molecule is COc1ccc(C(C)=CC(=O)NCC(C)(O)c2ccco2)cc1. The topological polar surface area (TPSA) is 71.7 Å². The molecule has 23 heavy (non-hydrogen) atoms. The molecule has 0 radical (unpaired) electrons. The molecule has 0 saturated heterocycles. The maximum atomic E-state index is 12.0. The maximum absolute atomic E-state index is 12.0. The van der Waals surface area contributed by atoms with Crippen LogP contribution in [0, 0.1) is 0 Å². The minimum Gasteiger partial charge on any atom is -0.497 e. The highest BCUT2D eigenvalue weighted by Gasteiger charge is 2.26. The zero-order valence-corrected chi connectivity index (χ0v) is 13.5. The number of nitrogens with one attached hydrogen (secondary N) is 1. The number of allylic oxidation sites excluding steroid dienone is 1. The summed E-state index contributed by atoms with van der Waals surface area (Å²) in [6.07, 6.45) is 2.99. The van der Waals surface area contributed by atoms with E-state index in [2.05, 4.69) is 5.32 Å². The second kappa shape index (κ2) is 7.15. The smallest absolute Gasteiger partial charge is 0.244 e. The minimum atomic E-state index is -1.25. The highest BCUT2D eigenvalue weighted by atomic mass is 16.5. The molecule has 5 nitrogen and oxygen atoms in total. The second-order valence-corrected chi connectivity index (χ2v) is 5.52. The highest BCUT2D eigenvalue weighted by molar-refractivity contribution is 5.94. The number of hydrogen-bond acceptors (Lipinski definition) is 4. The van der Waals surface area contributed by atoms with Crippen LogP contribution in [0.25, 0.3) is 5.57 Å². The maximum Gasteiger partial charge on any atom is 0.244 e. The lowest BCUT2D eigenvalue weighted by Gasteiger charge is -2.20. The van der Waals surface area contributed by atoms with Gasteiger partial charge in [-0.1, -0.05) is 12.1 Å². The van der Waals surface area contributed by atoms with Crippen molar-refractivity contribution in [1.82, 2.24) is 5.32 Å².